The zero-order valence-corrected chi connectivity index (χ0v) is 10.8. The number of alkyl halides is 1. The van der Waals surface area contributed by atoms with Crippen molar-refractivity contribution in [2.24, 2.45) is 0 Å². The average Bonchev–Trinajstić information content (AvgIpc) is 3.00. The lowest BCUT2D eigenvalue weighted by Crippen LogP contribution is -2.16. The minimum absolute atomic E-state index is 0.0141. The maximum Gasteiger partial charge on any atom is 0.222 e. The number of carbonyl (C=O) groups excluding carboxylic acids is 1. The van der Waals surface area contributed by atoms with Crippen molar-refractivity contribution in [3.05, 3.63) is 29.6 Å². The van der Waals surface area contributed by atoms with Gasteiger partial charge in [0.25, 0.3) is 0 Å². The van der Waals surface area contributed by atoms with Crippen molar-refractivity contribution < 1.29 is 4.79 Å². The van der Waals surface area contributed by atoms with Gasteiger partial charge in [0.05, 0.1) is 34.6 Å². The van der Waals surface area contributed by atoms with E-state index in [4.69, 9.17) is 16.9 Å². The molecule has 2 aromatic rings. The highest BCUT2D eigenvalue weighted by Crippen LogP contribution is 2.27. The molecule has 1 saturated heterocycles. The highest BCUT2D eigenvalue weighted by Gasteiger charge is 2.26. The second-order valence-corrected chi connectivity index (χ2v) is 4.78. The zero-order chi connectivity index (χ0) is 13.4. The van der Waals surface area contributed by atoms with Gasteiger partial charge in [-0.2, -0.15) is 5.26 Å². The van der Waals surface area contributed by atoms with Gasteiger partial charge < -0.3 is 9.88 Å². The minimum Gasteiger partial charge on any atom is -0.354 e. The predicted molar refractivity (Wildman–Crippen MR) is 70.7 cm³/mol. The normalized spacial score (nSPS) is 18.5. The van der Waals surface area contributed by atoms with E-state index in [2.05, 4.69) is 16.4 Å². The van der Waals surface area contributed by atoms with Crippen LogP contribution >= 0.6 is 11.6 Å². The molecule has 1 aliphatic rings. The molecule has 1 aromatic carbocycles. The van der Waals surface area contributed by atoms with E-state index in [-0.39, 0.29) is 17.8 Å². The number of carbonyl (C=O) groups is 1. The first-order chi connectivity index (χ1) is 9.22. The molecule has 6 heteroatoms. The fourth-order valence-corrected chi connectivity index (χ4v) is 2.68. The first kappa shape index (κ1) is 12.0. The minimum atomic E-state index is 0.0141. The topological polar surface area (TPSA) is 70.7 Å². The Bertz CT molecular complexity index is 700. The Morgan fingerprint density at radius 2 is 2.42 bits per heavy atom. The molecular weight excluding hydrogens is 264 g/mol. The van der Waals surface area contributed by atoms with Crippen LogP contribution in [0.3, 0.4) is 0 Å². The number of hydrogen-bond acceptors (Lipinski definition) is 3. The fourth-order valence-electron chi connectivity index (χ4n) is 2.49. The Balaban J connectivity index is 2.19. The number of halogens is 1. The third-order valence-corrected chi connectivity index (χ3v) is 3.57. The molecule has 0 radical (unpaired) electrons. The van der Waals surface area contributed by atoms with Gasteiger partial charge in [-0.1, -0.05) is 0 Å². The summed E-state index contributed by atoms with van der Waals surface area (Å²) < 4.78 is 1.97. The number of aromatic nitrogens is 2. The van der Waals surface area contributed by atoms with E-state index in [9.17, 15) is 4.79 Å². The lowest BCUT2D eigenvalue weighted by Gasteiger charge is -2.13. The van der Waals surface area contributed by atoms with E-state index in [1.807, 2.05) is 10.6 Å². The molecule has 0 bridgehead atoms. The highest BCUT2D eigenvalue weighted by molar-refractivity contribution is 6.16. The third-order valence-electron chi connectivity index (χ3n) is 3.33. The van der Waals surface area contributed by atoms with Crippen LogP contribution in [0.1, 0.15) is 23.9 Å². The molecule has 1 aliphatic heterocycles. The second kappa shape index (κ2) is 4.56. The van der Waals surface area contributed by atoms with Crippen LogP contribution in [0, 0.1) is 11.3 Å². The standard InChI is InChI=1S/C13H11ClN4O/c14-5-12-17-10-2-1-8(6-15)3-11(10)18(12)9-4-13(19)16-7-9/h1-3,9H,4-5,7H2,(H,16,19). The summed E-state index contributed by atoms with van der Waals surface area (Å²) in [4.78, 5) is 15.8. The molecule has 19 heavy (non-hydrogen) atoms. The van der Waals surface area contributed by atoms with Crippen molar-refractivity contribution >= 4 is 28.5 Å². The number of nitrogens with one attached hydrogen (secondary N) is 1. The number of amides is 1. The number of nitrogens with zero attached hydrogens (tertiary/aromatic N) is 3. The van der Waals surface area contributed by atoms with Crippen LogP contribution in [0.25, 0.3) is 11.0 Å². The van der Waals surface area contributed by atoms with E-state index in [0.29, 0.717) is 18.5 Å². The summed E-state index contributed by atoms with van der Waals surface area (Å²) in [7, 11) is 0. The molecule has 3 rings (SSSR count). The number of imidazole rings is 1. The molecule has 0 spiro atoms. The smallest absolute Gasteiger partial charge is 0.222 e. The first-order valence-corrected chi connectivity index (χ1v) is 6.50. The van der Waals surface area contributed by atoms with Crippen LogP contribution in [0.5, 0.6) is 0 Å². The number of nitriles is 1. The Morgan fingerprint density at radius 3 is 3.05 bits per heavy atom. The van der Waals surface area contributed by atoms with Crippen LogP contribution in [-0.4, -0.2) is 22.0 Å². The third kappa shape index (κ3) is 1.94. The van der Waals surface area contributed by atoms with Gasteiger partial charge in [0.2, 0.25) is 5.91 Å². The van der Waals surface area contributed by atoms with Crippen molar-refractivity contribution in [1.29, 1.82) is 5.26 Å². The van der Waals surface area contributed by atoms with Gasteiger partial charge in [-0.15, -0.1) is 11.6 Å². The molecule has 1 amide bonds. The summed E-state index contributed by atoms with van der Waals surface area (Å²) in [5, 5.41) is 11.8. The Labute approximate surface area is 114 Å². The lowest BCUT2D eigenvalue weighted by atomic mass is 10.2. The highest BCUT2D eigenvalue weighted by atomic mass is 35.5. The van der Waals surface area contributed by atoms with Gasteiger partial charge in [-0.25, -0.2) is 4.98 Å². The SMILES string of the molecule is N#Cc1ccc2nc(CCl)n(C3CNC(=O)C3)c2c1. The number of rotatable bonds is 2. The Hall–Kier alpha value is -2.06. The molecule has 0 saturated carbocycles. The summed E-state index contributed by atoms with van der Waals surface area (Å²) in [6.07, 6.45) is 0.423. The predicted octanol–water partition coefficient (Wildman–Crippen LogP) is 1.71. The number of fused-ring (bicyclic) bond motifs is 1. The maximum absolute atomic E-state index is 11.4. The van der Waals surface area contributed by atoms with E-state index in [1.165, 1.54) is 0 Å². The van der Waals surface area contributed by atoms with Gasteiger partial charge in [0.15, 0.2) is 0 Å². The Kier molecular flexibility index (Phi) is 2.88. The number of benzene rings is 1. The molecule has 1 N–H and O–H groups in total. The molecule has 1 aromatic heterocycles. The molecule has 1 unspecified atom stereocenters. The molecular formula is C13H11ClN4O. The van der Waals surface area contributed by atoms with E-state index < -0.39 is 0 Å². The van der Waals surface area contributed by atoms with Gasteiger partial charge in [0, 0.05) is 13.0 Å². The summed E-state index contributed by atoms with van der Waals surface area (Å²) in [5.74, 6) is 1.04. The molecule has 96 valence electrons. The van der Waals surface area contributed by atoms with Crippen LogP contribution in [0.15, 0.2) is 18.2 Å². The summed E-state index contributed by atoms with van der Waals surface area (Å²) >= 11 is 5.94. The first-order valence-electron chi connectivity index (χ1n) is 5.96. The fraction of sp³-hybridized carbons (Fsp3) is 0.308. The molecule has 5 nitrogen and oxygen atoms in total. The van der Waals surface area contributed by atoms with Crippen molar-refractivity contribution in [1.82, 2.24) is 14.9 Å². The summed E-state index contributed by atoms with van der Waals surface area (Å²) in [6.45, 7) is 0.574. The molecule has 0 aliphatic carbocycles. The summed E-state index contributed by atoms with van der Waals surface area (Å²) in [6, 6.07) is 7.47. The molecule has 2 heterocycles. The molecule has 1 fully saturated rings. The zero-order valence-electron chi connectivity index (χ0n) is 10.1. The van der Waals surface area contributed by atoms with Crippen molar-refractivity contribution in [3.63, 3.8) is 0 Å². The maximum atomic E-state index is 11.4. The van der Waals surface area contributed by atoms with E-state index >= 15 is 0 Å². The lowest BCUT2D eigenvalue weighted by molar-refractivity contribution is -0.119. The molecule has 1 atom stereocenters. The quantitative estimate of drug-likeness (QED) is 0.848. The van der Waals surface area contributed by atoms with Crippen LogP contribution in [-0.2, 0) is 10.7 Å². The second-order valence-electron chi connectivity index (χ2n) is 4.51. The average molecular weight is 275 g/mol. The van der Waals surface area contributed by atoms with Gasteiger partial charge in [0.1, 0.15) is 5.82 Å². The Morgan fingerprint density at radius 1 is 1.58 bits per heavy atom. The van der Waals surface area contributed by atoms with Crippen molar-refractivity contribution in [3.8, 4) is 6.07 Å². The van der Waals surface area contributed by atoms with E-state index in [1.54, 1.807) is 12.1 Å². The monoisotopic (exact) mass is 274 g/mol. The van der Waals surface area contributed by atoms with Crippen LogP contribution in [0.2, 0.25) is 0 Å². The largest absolute Gasteiger partial charge is 0.354 e. The van der Waals surface area contributed by atoms with Crippen molar-refractivity contribution in [2.45, 2.75) is 18.3 Å². The van der Waals surface area contributed by atoms with Crippen LogP contribution in [0.4, 0.5) is 0 Å². The van der Waals surface area contributed by atoms with E-state index in [0.717, 1.165) is 16.9 Å². The van der Waals surface area contributed by atoms with Gasteiger partial charge in [-0.3, -0.25) is 4.79 Å². The van der Waals surface area contributed by atoms with Gasteiger partial charge in [-0.05, 0) is 18.2 Å². The van der Waals surface area contributed by atoms with Gasteiger partial charge >= 0.3 is 0 Å². The van der Waals surface area contributed by atoms with Crippen molar-refractivity contribution in [2.75, 3.05) is 6.54 Å². The number of hydrogen-bond donors (Lipinski definition) is 1. The summed E-state index contributed by atoms with van der Waals surface area (Å²) in [5.41, 5.74) is 2.23. The van der Waals surface area contributed by atoms with Crippen LogP contribution < -0.4 is 5.32 Å².